The lowest BCUT2D eigenvalue weighted by Crippen LogP contribution is -2.46. The normalized spacial score (nSPS) is 20.2. The van der Waals surface area contributed by atoms with E-state index in [-0.39, 0.29) is 0 Å². The van der Waals surface area contributed by atoms with E-state index in [2.05, 4.69) is 48.6 Å². The first kappa shape index (κ1) is 16.0. The van der Waals surface area contributed by atoms with Crippen molar-refractivity contribution in [3.05, 3.63) is 22.4 Å². The van der Waals surface area contributed by atoms with Crippen LogP contribution in [0.4, 0.5) is 0 Å². The van der Waals surface area contributed by atoms with Gasteiger partial charge in [0.25, 0.3) is 0 Å². The van der Waals surface area contributed by atoms with Gasteiger partial charge in [-0.25, -0.2) is 0 Å². The number of hydrogen-bond donors (Lipinski definition) is 1. The standard InChI is InChI=1S/C17H30N2S/c1-14(12-17-10-7-11-20-17)19(3)15(2)13-18-16-8-5-4-6-9-16/h7,10-11,14-16,18H,4-6,8-9,12-13H2,1-3H3. The molecule has 0 amide bonds. The number of hydrogen-bond acceptors (Lipinski definition) is 3. The van der Waals surface area contributed by atoms with Gasteiger partial charge in [0.05, 0.1) is 0 Å². The molecule has 114 valence electrons. The summed E-state index contributed by atoms with van der Waals surface area (Å²) in [5, 5.41) is 5.95. The molecule has 1 aromatic heterocycles. The van der Waals surface area contributed by atoms with E-state index in [1.165, 1.54) is 43.4 Å². The molecule has 1 N–H and O–H groups in total. The molecule has 1 saturated carbocycles. The molecule has 1 aliphatic carbocycles. The van der Waals surface area contributed by atoms with Crippen molar-refractivity contribution in [2.24, 2.45) is 0 Å². The zero-order valence-corrected chi connectivity index (χ0v) is 14.1. The topological polar surface area (TPSA) is 15.3 Å². The van der Waals surface area contributed by atoms with Crippen LogP contribution in [0.5, 0.6) is 0 Å². The first-order chi connectivity index (χ1) is 9.66. The summed E-state index contributed by atoms with van der Waals surface area (Å²) in [6.45, 7) is 5.81. The lowest BCUT2D eigenvalue weighted by Gasteiger charge is -2.33. The van der Waals surface area contributed by atoms with E-state index >= 15 is 0 Å². The minimum atomic E-state index is 0.604. The Morgan fingerprint density at radius 3 is 2.65 bits per heavy atom. The third-order valence-electron chi connectivity index (χ3n) is 4.77. The van der Waals surface area contributed by atoms with Crippen molar-refractivity contribution in [1.82, 2.24) is 10.2 Å². The van der Waals surface area contributed by atoms with Crippen LogP contribution in [-0.4, -0.2) is 36.6 Å². The molecule has 3 heteroatoms. The Labute approximate surface area is 128 Å². The number of nitrogens with one attached hydrogen (secondary N) is 1. The minimum Gasteiger partial charge on any atom is -0.312 e. The average Bonchev–Trinajstić information content (AvgIpc) is 2.98. The fourth-order valence-corrected chi connectivity index (χ4v) is 3.91. The quantitative estimate of drug-likeness (QED) is 0.820. The van der Waals surface area contributed by atoms with Crippen molar-refractivity contribution in [1.29, 1.82) is 0 Å². The largest absolute Gasteiger partial charge is 0.312 e. The van der Waals surface area contributed by atoms with Gasteiger partial charge in [0.1, 0.15) is 0 Å². The van der Waals surface area contributed by atoms with Crippen molar-refractivity contribution in [2.75, 3.05) is 13.6 Å². The Morgan fingerprint density at radius 1 is 1.25 bits per heavy atom. The number of nitrogens with zero attached hydrogens (tertiary/aromatic N) is 1. The Hall–Kier alpha value is -0.380. The molecule has 0 aliphatic heterocycles. The maximum Gasteiger partial charge on any atom is 0.0192 e. The van der Waals surface area contributed by atoms with Crippen LogP contribution in [0.15, 0.2) is 17.5 Å². The molecule has 0 radical (unpaired) electrons. The highest BCUT2D eigenvalue weighted by Gasteiger charge is 2.19. The lowest BCUT2D eigenvalue weighted by molar-refractivity contribution is 0.184. The highest BCUT2D eigenvalue weighted by molar-refractivity contribution is 7.09. The van der Waals surface area contributed by atoms with Crippen LogP contribution in [0.3, 0.4) is 0 Å². The lowest BCUT2D eigenvalue weighted by atomic mass is 9.95. The highest BCUT2D eigenvalue weighted by Crippen LogP contribution is 2.18. The van der Waals surface area contributed by atoms with Crippen LogP contribution in [0.25, 0.3) is 0 Å². The number of thiophene rings is 1. The molecular weight excluding hydrogens is 264 g/mol. The molecule has 0 spiro atoms. The van der Waals surface area contributed by atoms with Crippen molar-refractivity contribution in [3.63, 3.8) is 0 Å². The predicted molar refractivity (Wildman–Crippen MR) is 89.6 cm³/mol. The second kappa shape index (κ2) is 8.16. The van der Waals surface area contributed by atoms with Crippen LogP contribution in [-0.2, 0) is 6.42 Å². The number of rotatable bonds is 7. The summed E-state index contributed by atoms with van der Waals surface area (Å²) in [5.74, 6) is 0. The first-order valence-corrected chi connectivity index (χ1v) is 9.02. The smallest absolute Gasteiger partial charge is 0.0192 e. The van der Waals surface area contributed by atoms with E-state index < -0.39 is 0 Å². The molecule has 0 aromatic carbocycles. The molecule has 0 saturated heterocycles. The van der Waals surface area contributed by atoms with Crippen LogP contribution in [0.2, 0.25) is 0 Å². The second-order valence-corrected chi connectivity index (χ2v) is 7.42. The van der Waals surface area contributed by atoms with Gasteiger partial charge in [0, 0.05) is 29.5 Å². The SMILES string of the molecule is CC(CNC1CCCCC1)N(C)C(C)Cc1cccs1. The predicted octanol–water partition coefficient (Wildman–Crippen LogP) is 3.92. The number of likely N-dealkylation sites (N-methyl/N-ethyl adjacent to an activating group) is 1. The van der Waals surface area contributed by atoms with E-state index in [9.17, 15) is 0 Å². The van der Waals surface area contributed by atoms with E-state index in [0.717, 1.165) is 12.6 Å². The van der Waals surface area contributed by atoms with Gasteiger partial charge < -0.3 is 5.32 Å². The molecule has 2 unspecified atom stereocenters. The minimum absolute atomic E-state index is 0.604. The van der Waals surface area contributed by atoms with Crippen molar-refractivity contribution in [2.45, 2.75) is 70.5 Å². The van der Waals surface area contributed by atoms with E-state index in [1.807, 2.05) is 11.3 Å². The van der Waals surface area contributed by atoms with Crippen molar-refractivity contribution in [3.8, 4) is 0 Å². The summed E-state index contributed by atoms with van der Waals surface area (Å²) in [4.78, 5) is 4.02. The first-order valence-electron chi connectivity index (χ1n) is 8.14. The summed E-state index contributed by atoms with van der Waals surface area (Å²) in [5.41, 5.74) is 0. The Morgan fingerprint density at radius 2 is 2.00 bits per heavy atom. The maximum absolute atomic E-state index is 3.78. The Balaban J connectivity index is 1.71. The van der Waals surface area contributed by atoms with Crippen LogP contribution in [0, 0.1) is 0 Å². The monoisotopic (exact) mass is 294 g/mol. The summed E-state index contributed by atoms with van der Waals surface area (Å²) in [6.07, 6.45) is 8.18. The van der Waals surface area contributed by atoms with E-state index in [1.54, 1.807) is 0 Å². The molecule has 2 nitrogen and oxygen atoms in total. The fourth-order valence-electron chi connectivity index (χ4n) is 3.09. The summed E-state index contributed by atoms with van der Waals surface area (Å²) in [7, 11) is 2.27. The zero-order chi connectivity index (χ0) is 14.4. The second-order valence-electron chi connectivity index (χ2n) is 6.39. The third kappa shape index (κ3) is 4.87. The fraction of sp³-hybridized carbons (Fsp3) is 0.765. The van der Waals surface area contributed by atoms with Gasteiger partial charge in [-0.15, -0.1) is 11.3 Å². The molecule has 1 aromatic rings. The molecule has 1 heterocycles. The van der Waals surface area contributed by atoms with Crippen LogP contribution < -0.4 is 5.32 Å². The summed E-state index contributed by atoms with van der Waals surface area (Å²) in [6, 6.07) is 6.39. The third-order valence-corrected chi connectivity index (χ3v) is 5.67. The van der Waals surface area contributed by atoms with E-state index in [0.29, 0.717) is 12.1 Å². The Kier molecular flexibility index (Phi) is 6.53. The van der Waals surface area contributed by atoms with Crippen LogP contribution >= 0.6 is 11.3 Å². The average molecular weight is 295 g/mol. The van der Waals surface area contributed by atoms with Crippen molar-refractivity contribution >= 4 is 11.3 Å². The van der Waals surface area contributed by atoms with E-state index in [4.69, 9.17) is 0 Å². The summed E-state index contributed by atoms with van der Waals surface area (Å²) < 4.78 is 0. The van der Waals surface area contributed by atoms with Gasteiger partial charge in [-0.1, -0.05) is 25.3 Å². The molecule has 2 rings (SSSR count). The van der Waals surface area contributed by atoms with Gasteiger partial charge in [-0.05, 0) is 51.6 Å². The van der Waals surface area contributed by atoms with Gasteiger partial charge in [0.15, 0.2) is 0 Å². The highest BCUT2D eigenvalue weighted by atomic mass is 32.1. The zero-order valence-electron chi connectivity index (χ0n) is 13.3. The molecule has 1 aliphatic rings. The van der Waals surface area contributed by atoms with Gasteiger partial charge in [0.2, 0.25) is 0 Å². The molecule has 20 heavy (non-hydrogen) atoms. The van der Waals surface area contributed by atoms with Gasteiger partial charge in [-0.2, -0.15) is 0 Å². The van der Waals surface area contributed by atoms with Gasteiger partial charge >= 0.3 is 0 Å². The molecule has 1 fully saturated rings. The summed E-state index contributed by atoms with van der Waals surface area (Å²) >= 11 is 1.87. The van der Waals surface area contributed by atoms with Crippen molar-refractivity contribution < 1.29 is 0 Å². The van der Waals surface area contributed by atoms with Gasteiger partial charge in [-0.3, -0.25) is 4.90 Å². The van der Waals surface area contributed by atoms with Crippen LogP contribution in [0.1, 0.15) is 50.8 Å². The molecule has 0 bridgehead atoms. The molecule has 2 atom stereocenters. The Bertz CT molecular complexity index is 357. The maximum atomic E-state index is 3.78. The molecular formula is C17H30N2S.